The van der Waals surface area contributed by atoms with Crippen molar-refractivity contribution in [2.24, 2.45) is 4.99 Å². The van der Waals surface area contributed by atoms with E-state index in [1.807, 2.05) is 17.0 Å². The molecule has 0 radical (unpaired) electrons. The number of aliphatic imine (C=N–C) groups is 1. The number of hydrogen-bond acceptors (Lipinski definition) is 4. The molecule has 2 N–H and O–H groups in total. The van der Waals surface area contributed by atoms with Gasteiger partial charge in [0.2, 0.25) is 0 Å². The van der Waals surface area contributed by atoms with Crippen LogP contribution in [0.25, 0.3) is 0 Å². The smallest absolute Gasteiger partial charge is 0.191 e. The van der Waals surface area contributed by atoms with Crippen LogP contribution in [0.15, 0.2) is 23.2 Å². The SMILES string of the molecule is CCNC(=NCc1ccc(N2CCOCC2)c(F)c1)NCC(C)(C)N1CCCCC1. The number of morpholine rings is 1. The first kappa shape index (κ1) is 22.8. The fraction of sp³-hybridized carbons (Fsp3) is 0.696. The van der Waals surface area contributed by atoms with Gasteiger partial charge >= 0.3 is 0 Å². The van der Waals surface area contributed by atoms with Crippen LogP contribution >= 0.6 is 0 Å². The zero-order chi connectivity index (χ0) is 21.4. The maximum absolute atomic E-state index is 14.6. The van der Waals surface area contributed by atoms with E-state index in [0.29, 0.717) is 25.4 Å². The van der Waals surface area contributed by atoms with Crippen LogP contribution in [0.4, 0.5) is 10.1 Å². The van der Waals surface area contributed by atoms with Crippen LogP contribution < -0.4 is 15.5 Å². The molecule has 0 unspecified atom stereocenters. The molecule has 0 atom stereocenters. The van der Waals surface area contributed by atoms with Crippen molar-refractivity contribution in [3.05, 3.63) is 29.6 Å². The summed E-state index contributed by atoms with van der Waals surface area (Å²) in [5.41, 5.74) is 1.60. The lowest BCUT2D eigenvalue weighted by atomic mass is 9.98. The highest BCUT2D eigenvalue weighted by molar-refractivity contribution is 5.79. The van der Waals surface area contributed by atoms with Gasteiger partial charge in [-0.1, -0.05) is 12.5 Å². The summed E-state index contributed by atoms with van der Waals surface area (Å²) in [5, 5.41) is 6.80. The molecule has 0 aromatic heterocycles. The molecule has 2 heterocycles. The summed E-state index contributed by atoms with van der Waals surface area (Å²) in [7, 11) is 0. The van der Waals surface area contributed by atoms with Gasteiger partial charge in [-0.2, -0.15) is 0 Å². The monoisotopic (exact) mass is 419 g/mol. The van der Waals surface area contributed by atoms with Gasteiger partial charge in [-0.05, 0) is 64.4 Å². The van der Waals surface area contributed by atoms with E-state index in [2.05, 4.69) is 36.3 Å². The summed E-state index contributed by atoms with van der Waals surface area (Å²) in [6.45, 7) is 13.8. The maximum Gasteiger partial charge on any atom is 0.191 e. The molecule has 2 aliphatic heterocycles. The maximum atomic E-state index is 14.6. The highest BCUT2D eigenvalue weighted by Gasteiger charge is 2.27. The van der Waals surface area contributed by atoms with E-state index < -0.39 is 0 Å². The Labute approximate surface area is 180 Å². The number of hydrogen-bond donors (Lipinski definition) is 2. The fourth-order valence-electron chi connectivity index (χ4n) is 4.13. The van der Waals surface area contributed by atoms with E-state index in [-0.39, 0.29) is 11.4 Å². The predicted octanol–water partition coefficient (Wildman–Crippen LogP) is 2.98. The van der Waals surface area contributed by atoms with E-state index in [1.54, 1.807) is 6.07 Å². The van der Waals surface area contributed by atoms with Gasteiger partial charge in [0.05, 0.1) is 25.4 Å². The number of rotatable bonds is 7. The Morgan fingerprint density at radius 2 is 1.83 bits per heavy atom. The zero-order valence-corrected chi connectivity index (χ0v) is 18.8. The third kappa shape index (κ3) is 6.32. The molecule has 0 saturated carbocycles. The third-order valence-electron chi connectivity index (χ3n) is 6.03. The second-order valence-corrected chi connectivity index (χ2v) is 8.79. The minimum atomic E-state index is -0.186. The van der Waals surface area contributed by atoms with Crippen LogP contribution in [0.5, 0.6) is 0 Å². The molecule has 6 nitrogen and oxygen atoms in total. The van der Waals surface area contributed by atoms with E-state index in [9.17, 15) is 4.39 Å². The predicted molar refractivity (Wildman–Crippen MR) is 122 cm³/mol. The molecule has 2 aliphatic rings. The number of nitrogens with one attached hydrogen (secondary N) is 2. The number of anilines is 1. The Balaban J connectivity index is 1.59. The molecule has 1 aromatic carbocycles. The van der Waals surface area contributed by atoms with Crippen LogP contribution in [0.2, 0.25) is 0 Å². The number of likely N-dealkylation sites (tertiary alicyclic amines) is 1. The van der Waals surface area contributed by atoms with E-state index >= 15 is 0 Å². The third-order valence-corrected chi connectivity index (χ3v) is 6.03. The van der Waals surface area contributed by atoms with Crippen LogP contribution in [-0.4, -0.2) is 68.9 Å². The van der Waals surface area contributed by atoms with Crippen molar-refractivity contribution in [2.75, 3.05) is 57.4 Å². The molecule has 3 rings (SSSR count). The molecule has 2 saturated heterocycles. The Morgan fingerprint density at radius 3 is 2.50 bits per heavy atom. The van der Waals surface area contributed by atoms with Crippen molar-refractivity contribution in [2.45, 2.75) is 52.1 Å². The van der Waals surface area contributed by atoms with Crippen LogP contribution in [0.3, 0.4) is 0 Å². The first-order valence-electron chi connectivity index (χ1n) is 11.4. The van der Waals surface area contributed by atoms with Crippen molar-refractivity contribution < 1.29 is 9.13 Å². The number of ether oxygens (including phenoxy) is 1. The van der Waals surface area contributed by atoms with Crippen molar-refractivity contribution in [1.82, 2.24) is 15.5 Å². The van der Waals surface area contributed by atoms with Crippen LogP contribution in [-0.2, 0) is 11.3 Å². The van der Waals surface area contributed by atoms with Gasteiger partial charge in [0, 0.05) is 31.7 Å². The molecule has 2 fully saturated rings. The lowest BCUT2D eigenvalue weighted by Gasteiger charge is -2.41. The number of piperidine rings is 1. The summed E-state index contributed by atoms with van der Waals surface area (Å²) < 4.78 is 20.0. The Morgan fingerprint density at radius 1 is 1.10 bits per heavy atom. The lowest BCUT2D eigenvalue weighted by Crippen LogP contribution is -2.54. The highest BCUT2D eigenvalue weighted by Crippen LogP contribution is 2.22. The second-order valence-electron chi connectivity index (χ2n) is 8.79. The summed E-state index contributed by atoms with van der Waals surface area (Å²) in [5.74, 6) is 0.592. The number of nitrogens with zero attached hydrogens (tertiary/aromatic N) is 3. The standard InChI is InChI=1S/C23H38FN5O/c1-4-25-22(27-18-23(2,3)29-10-6-5-7-11-29)26-17-19-8-9-21(20(24)16-19)28-12-14-30-15-13-28/h8-9,16H,4-7,10-15,17-18H2,1-3H3,(H2,25,26,27). The average molecular weight is 420 g/mol. The molecule has 0 aliphatic carbocycles. The quantitative estimate of drug-likeness (QED) is 0.526. The topological polar surface area (TPSA) is 52.1 Å². The van der Waals surface area contributed by atoms with E-state index in [4.69, 9.17) is 9.73 Å². The minimum absolute atomic E-state index is 0.0719. The molecule has 0 bridgehead atoms. The van der Waals surface area contributed by atoms with Gasteiger partial charge in [-0.3, -0.25) is 4.90 Å². The van der Waals surface area contributed by atoms with E-state index in [0.717, 1.165) is 50.8 Å². The first-order chi connectivity index (χ1) is 14.5. The second kappa shape index (κ2) is 11.0. The van der Waals surface area contributed by atoms with Gasteiger partial charge in [0.25, 0.3) is 0 Å². The van der Waals surface area contributed by atoms with Gasteiger partial charge in [0.1, 0.15) is 5.82 Å². The largest absolute Gasteiger partial charge is 0.378 e. The van der Waals surface area contributed by atoms with Gasteiger partial charge < -0.3 is 20.3 Å². The zero-order valence-electron chi connectivity index (χ0n) is 18.8. The normalized spacial score (nSPS) is 19.1. The molecule has 0 spiro atoms. The number of guanidine groups is 1. The molecule has 0 amide bonds. The summed E-state index contributed by atoms with van der Waals surface area (Å²) in [6.07, 6.45) is 3.90. The van der Waals surface area contributed by atoms with Gasteiger partial charge in [0.15, 0.2) is 5.96 Å². The van der Waals surface area contributed by atoms with E-state index in [1.165, 1.54) is 19.3 Å². The molecular weight excluding hydrogens is 381 g/mol. The Hall–Kier alpha value is -1.86. The van der Waals surface area contributed by atoms with Crippen molar-refractivity contribution in [1.29, 1.82) is 0 Å². The summed E-state index contributed by atoms with van der Waals surface area (Å²) in [4.78, 5) is 9.29. The minimum Gasteiger partial charge on any atom is -0.378 e. The average Bonchev–Trinajstić information content (AvgIpc) is 2.77. The highest BCUT2D eigenvalue weighted by atomic mass is 19.1. The van der Waals surface area contributed by atoms with Gasteiger partial charge in [-0.25, -0.2) is 9.38 Å². The molecule has 168 valence electrons. The van der Waals surface area contributed by atoms with Crippen molar-refractivity contribution in [3.63, 3.8) is 0 Å². The summed E-state index contributed by atoms with van der Waals surface area (Å²) >= 11 is 0. The fourth-order valence-corrected chi connectivity index (χ4v) is 4.13. The molecule has 7 heteroatoms. The molecular formula is C23H38FN5O. The Kier molecular flexibility index (Phi) is 8.33. The van der Waals surface area contributed by atoms with Crippen LogP contribution in [0.1, 0.15) is 45.6 Å². The number of halogens is 1. The van der Waals surface area contributed by atoms with Gasteiger partial charge in [-0.15, -0.1) is 0 Å². The first-order valence-corrected chi connectivity index (χ1v) is 11.4. The van der Waals surface area contributed by atoms with Crippen molar-refractivity contribution >= 4 is 11.6 Å². The van der Waals surface area contributed by atoms with Crippen molar-refractivity contribution in [3.8, 4) is 0 Å². The lowest BCUT2D eigenvalue weighted by molar-refractivity contribution is 0.0982. The Bertz CT molecular complexity index is 697. The number of benzene rings is 1. The van der Waals surface area contributed by atoms with Crippen LogP contribution in [0, 0.1) is 5.82 Å². The molecule has 1 aromatic rings. The molecule has 30 heavy (non-hydrogen) atoms. The summed E-state index contributed by atoms with van der Waals surface area (Å²) in [6, 6.07) is 5.44.